The number of hydrogen-bond donors (Lipinski definition) is 0. The van der Waals surface area contributed by atoms with E-state index in [4.69, 9.17) is 0 Å². The Kier molecular flexibility index (Phi) is 3.95. The van der Waals surface area contributed by atoms with E-state index in [1.54, 1.807) is 0 Å². The first-order valence-electron chi connectivity index (χ1n) is 1.73. The molecule has 1 atom stereocenters. The zero-order valence-electron chi connectivity index (χ0n) is 3.93. The Hall–Kier alpha value is -0.140. The lowest BCUT2D eigenvalue weighted by molar-refractivity contribution is 0.417. The summed E-state index contributed by atoms with van der Waals surface area (Å²) in [6, 6.07) is 0. The van der Waals surface area contributed by atoms with Crippen molar-refractivity contribution in [3.63, 3.8) is 0 Å². The van der Waals surface area contributed by atoms with Crippen LogP contribution in [0.1, 0.15) is 0 Å². The molecule has 4 heteroatoms. The fraction of sp³-hybridized carbons (Fsp3) is 0.667. The third-order valence-corrected chi connectivity index (χ3v) is 1.33. The minimum absolute atomic E-state index is 0.0822. The first-order chi connectivity index (χ1) is 3.31. The lowest BCUT2D eigenvalue weighted by atomic mass is 10.9. The lowest BCUT2D eigenvalue weighted by Crippen LogP contribution is -1.77. The van der Waals surface area contributed by atoms with Gasteiger partial charge in [0.05, 0.1) is 6.16 Å². The quantitative estimate of drug-likeness (QED) is 0.501. The average Bonchev–Trinajstić information content (AvgIpc) is 1.68. The molecule has 0 aliphatic carbocycles. The second kappa shape index (κ2) is 4.03. The molecular formula is C3H6O3P. The summed E-state index contributed by atoms with van der Waals surface area (Å²) in [5, 5.41) is 0. The zero-order valence-corrected chi connectivity index (χ0v) is 4.93. The highest BCUT2D eigenvalue weighted by molar-refractivity contribution is 7.40. The molecule has 0 aliphatic rings. The molecule has 0 aromatic carbocycles. The predicted octanol–water partition coefficient (Wildman–Crippen LogP) is 0.217. The van der Waals surface area contributed by atoms with Gasteiger partial charge < -0.3 is 4.52 Å². The maximum absolute atomic E-state index is 10.1. The molecule has 1 radical (unpaired) electrons. The van der Waals surface area contributed by atoms with E-state index in [2.05, 4.69) is 4.52 Å². The minimum Gasteiger partial charge on any atom is -0.334 e. The SMILES string of the molecule is CO[PH](=O)C[C]=O. The van der Waals surface area contributed by atoms with Crippen LogP contribution in [0.15, 0.2) is 0 Å². The van der Waals surface area contributed by atoms with Gasteiger partial charge in [-0.05, 0) is 0 Å². The van der Waals surface area contributed by atoms with Crippen molar-refractivity contribution in [3.05, 3.63) is 0 Å². The van der Waals surface area contributed by atoms with E-state index >= 15 is 0 Å². The number of rotatable bonds is 3. The van der Waals surface area contributed by atoms with Crippen LogP contribution in [-0.4, -0.2) is 19.6 Å². The predicted molar refractivity (Wildman–Crippen MR) is 26.6 cm³/mol. The lowest BCUT2D eigenvalue weighted by Gasteiger charge is -1.85. The second-order valence-electron chi connectivity index (χ2n) is 0.897. The van der Waals surface area contributed by atoms with Crippen LogP contribution in [0.4, 0.5) is 0 Å². The van der Waals surface area contributed by atoms with Crippen molar-refractivity contribution in [2.75, 3.05) is 13.3 Å². The highest BCUT2D eigenvalue weighted by atomic mass is 31.1. The van der Waals surface area contributed by atoms with E-state index in [9.17, 15) is 9.36 Å². The van der Waals surface area contributed by atoms with Crippen LogP contribution in [0.3, 0.4) is 0 Å². The summed E-state index contributed by atoms with van der Waals surface area (Å²) in [6.45, 7) is 0. The molecule has 0 amide bonds. The Morgan fingerprint density at radius 1 is 1.86 bits per heavy atom. The Morgan fingerprint density at radius 2 is 2.43 bits per heavy atom. The van der Waals surface area contributed by atoms with Crippen LogP contribution in [0.5, 0.6) is 0 Å². The molecule has 0 bridgehead atoms. The maximum Gasteiger partial charge on any atom is 0.208 e. The fourth-order valence-corrected chi connectivity index (χ4v) is 0.393. The highest BCUT2D eigenvalue weighted by Crippen LogP contribution is 2.16. The van der Waals surface area contributed by atoms with Crippen molar-refractivity contribution in [2.24, 2.45) is 0 Å². The van der Waals surface area contributed by atoms with Gasteiger partial charge >= 0.3 is 0 Å². The molecule has 0 aromatic rings. The van der Waals surface area contributed by atoms with Gasteiger partial charge in [0.2, 0.25) is 6.29 Å². The summed E-state index contributed by atoms with van der Waals surface area (Å²) in [5.41, 5.74) is 0. The van der Waals surface area contributed by atoms with Crippen LogP contribution in [-0.2, 0) is 13.9 Å². The van der Waals surface area contributed by atoms with Gasteiger partial charge in [-0.1, -0.05) is 0 Å². The van der Waals surface area contributed by atoms with Gasteiger partial charge in [0, 0.05) is 7.11 Å². The topological polar surface area (TPSA) is 43.4 Å². The van der Waals surface area contributed by atoms with Crippen LogP contribution in [0, 0.1) is 0 Å². The van der Waals surface area contributed by atoms with Crippen LogP contribution >= 0.6 is 8.03 Å². The highest BCUT2D eigenvalue weighted by Gasteiger charge is 1.90. The van der Waals surface area contributed by atoms with Gasteiger partial charge in [0.1, 0.15) is 0 Å². The van der Waals surface area contributed by atoms with Gasteiger partial charge in [-0.15, -0.1) is 0 Å². The third-order valence-electron chi connectivity index (χ3n) is 0.444. The molecule has 3 nitrogen and oxygen atoms in total. The summed E-state index contributed by atoms with van der Waals surface area (Å²) >= 11 is 0. The molecule has 0 spiro atoms. The van der Waals surface area contributed by atoms with E-state index in [0.29, 0.717) is 0 Å². The Balaban J connectivity index is 3.17. The Bertz CT molecular complexity index is 80.2. The van der Waals surface area contributed by atoms with E-state index in [-0.39, 0.29) is 6.16 Å². The first-order valence-corrected chi connectivity index (χ1v) is 3.25. The largest absolute Gasteiger partial charge is 0.334 e. The van der Waals surface area contributed by atoms with E-state index in [0.717, 1.165) is 0 Å². The Labute approximate surface area is 42.5 Å². The molecular weight excluding hydrogens is 115 g/mol. The average molecular weight is 121 g/mol. The number of hydrogen-bond acceptors (Lipinski definition) is 3. The van der Waals surface area contributed by atoms with Crippen molar-refractivity contribution in [2.45, 2.75) is 0 Å². The van der Waals surface area contributed by atoms with Crippen molar-refractivity contribution in [1.82, 2.24) is 0 Å². The normalized spacial score (nSPS) is 13.3. The van der Waals surface area contributed by atoms with Gasteiger partial charge in [0.25, 0.3) is 0 Å². The second-order valence-corrected chi connectivity index (χ2v) is 2.40. The van der Waals surface area contributed by atoms with Crippen molar-refractivity contribution in [3.8, 4) is 0 Å². The first kappa shape index (κ1) is 6.86. The molecule has 0 aliphatic heterocycles. The summed E-state index contributed by atoms with van der Waals surface area (Å²) < 4.78 is 14.4. The van der Waals surface area contributed by atoms with Crippen molar-refractivity contribution in [1.29, 1.82) is 0 Å². The fourth-order valence-electron chi connectivity index (χ4n) is 0.131. The molecule has 41 valence electrons. The van der Waals surface area contributed by atoms with Crippen LogP contribution in [0.25, 0.3) is 0 Å². The van der Waals surface area contributed by atoms with Crippen molar-refractivity contribution >= 4 is 14.3 Å². The summed E-state index contributed by atoms with van der Waals surface area (Å²) in [5.74, 6) is 0. The van der Waals surface area contributed by atoms with Crippen molar-refractivity contribution < 1.29 is 13.9 Å². The molecule has 0 aromatic heterocycles. The number of carbonyl (C=O) groups excluding carboxylic acids is 1. The third kappa shape index (κ3) is 3.70. The van der Waals surface area contributed by atoms with E-state index in [1.807, 2.05) is 0 Å². The molecule has 7 heavy (non-hydrogen) atoms. The molecule has 1 unspecified atom stereocenters. The van der Waals surface area contributed by atoms with Gasteiger partial charge in [-0.25, -0.2) is 0 Å². The molecule has 0 fully saturated rings. The van der Waals surface area contributed by atoms with Gasteiger partial charge in [0.15, 0.2) is 8.03 Å². The zero-order chi connectivity index (χ0) is 5.70. The smallest absolute Gasteiger partial charge is 0.208 e. The standard InChI is InChI=1S/C3H6O3P/c1-6-7(5)3-2-4/h7H,3H2,1H3. The minimum atomic E-state index is -2.05. The molecule has 0 rings (SSSR count). The van der Waals surface area contributed by atoms with Crippen LogP contribution < -0.4 is 0 Å². The molecule has 0 N–H and O–H groups in total. The monoisotopic (exact) mass is 121 g/mol. The van der Waals surface area contributed by atoms with Crippen LogP contribution in [0.2, 0.25) is 0 Å². The summed E-state index contributed by atoms with van der Waals surface area (Å²) in [6.07, 6.45) is 1.39. The summed E-state index contributed by atoms with van der Waals surface area (Å²) in [7, 11) is -0.749. The molecule has 0 heterocycles. The van der Waals surface area contributed by atoms with Gasteiger partial charge in [-0.2, -0.15) is 0 Å². The summed E-state index contributed by atoms with van der Waals surface area (Å²) in [4.78, 5) is 9.39. The van der Waals surface area contributed by atoms with Gasteiger partial charge in [-0.3, -0.25) is 9.36 Å². The maximum atomic E-state index is 10.1. The molecule has 0 saturated carbocycles. The molecule has 0 saturated heterocycles. The van der Waals surface area contributed by atoms with E-state index < -0.39 is 8.03 Å². The van der Waals surface area contributed by atoms with E-state index in [1.165, 1.54) is 13.4 Å². The Morgan fingerprint density at radius 3 is 2.57 bits per heavy atom.